The van der Waals surface area contributed by atoms with E-state index in [-0.39, 0.29) is 31.8 Å². The van der Waals surface area contributed by atoms with E-state index in [0.717, 1.165) is 0 Å². The van der Waals surface area contributed by atoms with Crippen molar-refractivity contribution in [1.29, 1.82) is 0 Å². The number of nitrogens with zero attached hydrogens (tertiary/aromatic N) is 1. The molecule has 4 aliphatic rings. The molecule has 4 aliphatic heterocycles. The Labute approximate surface area is 310 Å². The van der Waals surface area contributed by atoms with E-state index in [2.05, 4.69) is 12.2 Å². The molecule has 0 bridgehead atoms. The zero-order chi connectivity index (χ0) is 39.7. The van der Waals surface area contributed by atoms with Crippen LogP contribution < -0.4 is 5.32 Å². The van der Waals surface area contributed by atoms with Crippen molar-refractivity contribution in [3.05, 3.63) is 6.92 Å². The fourth-order valence-corrected chi connectivity index (χ4v) is 6.41. The molecule has 11 N–H and O–H groups in total. The van der Waals surface area contributed by atoms with Crippen LogP contribution in [-0.4, -0.2) is 206 Å². The molecule has 1 unspecified atom stereocenters. The molecule has 1 radical (unpaired) electrons. The van der Waals surface area contributed by atoms with Gasteiger partial charge in [0.05, 0.1) is 26.4 Å². The van der Waals surface area contributed by atoms with Gasteiger partial charge >= 0.3 is 5.97 Å². The van der Waals surface area contributed by atoms with Crippen LogP contribution in [0.5, 0.6) is 0 Å². The molecule has 0 spiro atoms. The monoisotopic (exact) mass is 785 g/mol. The topological polar surface area (TPSA) is 333 Å². The van der Waals surface area contributed by atoms with Crippen LogP contribution >= 0.6 is 0 Å². The summed E-state index contributed by atoms with van der Waals surface area (Å²) >= 11 is 0. The van der Waals surface area contributed by atoms with Crippen LogP contribution in [0.1, 0.15) is 38.5 Å². The Morgan fingerprint density at radius 1 is 0.741 bits per heavy atom. The van der Waals surface area contributed by atoms with Gasteiger partial charge in [0.15, 0.2) is 18.9 Å². The second-order valence-electron chi connectivity index (χ2n) is 13.5. The molecule has 0 aromatic heterocycles. The molecule has 0 saturated carbocycles. The molecule has 54 heavy (non-hydrogen) atoms. The van der Waals surface area contributed by atoms with Crippen molar-refractivity contribution in [2.45, 2.75) is 131 Å². The molecular weight excluding hydrogens is 732 g/mol. The van der Waals surface area contributed by atoms with Gasteiger partial charge in [0, 0.05) is 19.3 Å². The van der Waals surface area contributed by atoms with E-state index in [1.807, 2.05) is 0 Å². The third-order valence-electron chi connectivity index (χ3n) is 9.66. The molecule has 4 fully saturated rings. The van der Waals surface area contributed by atoms with Gasteiger partial charge in [-0.05, 0) is 45.2 Å². The molecule has 22 nitrogen and oxygen atoms in total. The Balaban J connectivity index is 1.41. The zero-order valence-electron chi connectivity index (χ0n) is 29.4. The molecular formula is C32H53N2O20. The van der Waals surface area contributed by atoms with Crippen molar-refractivity contribution in [1.82, 2.24) is 10.4 Å². The van der Waals surface area contributed by atoms with Crippen molar-refractivity contribution in [2.75, 3.05) is 39.5 Å². The van der Waals surface area contributed by atoms with E-state index >= 15 is 0 Å². The standard InChI is InChI=1S/C32H53N2O20/c1-2-33-10-14(4-3-5-20(39)54-34-18(37)6-7-19(34)38)8-9-48-31-28(47)29(53-32-27(46)25(44)22(41)16(12-36)51-32)23(42)17(52-31)13-49-30-26(45)24(43)21(40)15(11-35)50-30/h14-17,21-33,35-36,40-47H,1-13H2/t14?,15-,16-,17-,21-,22-,23-,24+,25+,26+,27+,28+,29+,30+,31+,32-/m1/s1. The SMILES string of the molecule is [CH2]CNCC(CCCC(=O)ON1C(=O)CCC1=O)CCO[C@H]1O[C@H](CO[C@H]2O[C@H](CO)[C@@H](O)[C@H](O)[C@@H]2O)[C@@H](O)[C@H](O[C@H]2O[C@H](CO)[C@@H](O)[C@H](O)[C@@H]2O)[C@@H]1O. The van der Waals surface area contributed by atoms with Crippen molar-refractivity contribution in [3.63, 3.8) is 0 Å². The van der Waals surface area contributed by atoms with Crippen LogP contribution in [0.2, 0.25) is 0 Å². The number of aliphatic hydroxyl groups excluding tert-OH is 10. The number of amides is 2. The van der Waals surface area contributed by atoms with Crippen LogP contribution in [0, 0.1) is 12.8 Å². The quantitative estimate of drug-likeness (QED) is 0.0543. The van der Waals surface area contributed by atoms with Gasteiger partial charge in [-0.2, -0.15) is 0 Å². The predicted molar refractivity (Wildman–Crippen MR) is 172 cm³/mol. The molecule has 22 heteroatoms. The first-order valence-electron chi connectivity index (χ1n) is 17.8. The van der Waals surface area contributed by atoms with Crippen LogP contribution in [0.3, 0.4) is 0 Å². The van der Waals surface area contributed by atoms with Crippen LogP contribution in [0.4, 0.5) is 0 Å². The first kappa shape index (κ1) is 44.6. The third-order valence-corrected chi connectivity index (χ3v) is 9.66. The van der Waals surface area contributed by atoms with E-state index in [1.165, 1.54) is 0 Å². The summed E-state index contributed by atoms with van der Waals surface area (Å²) in [5, 5.41) is 107. The molecule has 0 aromatic rings. The predicted octanol–water partition coefficient (Wildman–Crippen LogP) is -6.34. The van der Waals surface area contributed by atoms with E-state index in [0.29, 0.717) is 37.4 Å². The maximum Gasteiger partial charge on any atom is 0.333 e. The molecule has 311 valence electrons. The molecule has 0 aliphatic carbocycles. The summed E-state index contributed by atoms with van der Waals surface area (Å²) in [5.74, 6) is -2.07. The highest BCUT2D eigenvalue weighted by molar-refractivity contribution is 6.01. The number of imide groups is 1. The van der Waals surface area contributed by atoms with Gasteiger partial charge in [0.25, 0.3) is 11.8 Å². The van der Waals surface area contributed by atoms with Gasteiger partial charge in [0.2, 0.25) is 0 Å². The number of nitrogens with one attached hydrogen (secondary N) is 1. The minimum Gasteiger partial charge on any atom is -0.394 e. The van der Waals surface area contributed by atoms with Gasteiger partial charge in [-0.25, -0.2) is 4.79 Å². The number of carbonyl (C=O) groups excluding carboxylic acids is 3. The van der Waals surface area contributed by atoms with Gasteiger partial charge in [-0.3, -0.25) is 9.59 Å². The summed E-state index contributed by atoms with van der Waals surface area (Å²) in [7, 11) is 0. The van der Waals surface area contributed by atoms with Crippen molar-refractivity contribution in [3.8, 4) is 0 Å². The smallest absolute Gasteiger partial charge is 0.333 e. The first-order valence-corrected chi connectivity index (χ1v) is 17.8. The average Bonchev–Trinajstić information content (AvgIpc) is 3.47. The normalized spacial score (nSPS) is 39.5. The lowest BCUT2D eigenvalue weighted by Gasteiger charge is -2.46. The lowest BCUT2D eigenvalue weighted by atomic mass is 9.96. The largest absolute Gasteiger partial charge is 0.394 e. The summed E-state index contributed by atoms with van der Waals surface area (Å²) < 4.78 is 33.7. The summed E-state index contributed by atoms with van der Waals surface area (Å²) in [6.45, 7) is 2.36. The highest BCUT2D eigenvalue weighted by Gasteiger charge is 2.52. The minimum atomic E-state index is -1.90. The Bertz CT molecular complexity index is 1180. The van der Waals surface area contributed by atoms with E-state index in [1.54, 1.807) is 0 Å². The van der Waals surface area contributed by atoms with E-state index < -0.39 is 130 Å². The Hall–Kier alpha value is -2.07. The molecule has 16 atom stereocenters. The Morgan fingerprint density at radius 3 is 1.89 bits per heavy atom. The van der Waals surface area contributed by atoms with Crippen LogP contribution in [-0.2, 0) is 47.6 Å². The van der Waals surface area contributed by atoms with Crippen molar-refractivity contribution in [2.24, 2.45) is 5.92 Å². The lowest BCUT2D eigenvalue weighted by molar-refractivity contribution is -0.366. The molecule has 4 rings (SSSR count). The van der Waals surface area contributed by atoms with Crippen molar-refractivity contribution >= 4 is 17.8 Å². The Morgan fingerprint density at radius 2 is 1.30 bits per heavy atom. The summed E-state index contributed by atoms with van der Waals surface area (Å²) in [6, 6.07) is 0. The maximum absolute atomic E-state index is 12.3. The number of rotatable bonds is 19. The summed E-state index contributed by atoms with van der Waals surface area (Å²) in [5.41, 5.74) is 0. The molecule has 4 saturated heterocycles. The number of aliphatic hydroxyl groups is 10. The fraction of sp³-hybridized carbons (Fsp3) is 0.875. The van der Waals surface area contributed by atoms with Gasteiger partial charge in [-0.1, -0.05) is 0 Å². The zero-order valence-corrected chi connectivity index (χ0v) is 29.4. The first-order chi connectivity index (χ1) is 25.7. The highest BCUT2D eigenvalue weighted by atomic mass is 16.8. The number of ether oxygens (including phenoxy) is 6. The van der Waals surface area contributed by atoms with Crippen LogP contribution in [0.25, 0.3) is 0 Å². The number of hydrogen-bond donors (Lipinski definition) is 11. The van der Waals surface area contributed by atoms with Gasteiger partial charge in [0.1, 0.15) is 73.2 Å². The highest BCUT2D eigenvalue weighted by Crippen LogP contribution is 2.31. The second-order valence-corrected chi connectivity index (χ2v) is 13.5. The third kappa shape index (κ3) is 11.1. The molecule has 2 amide bonds. The fourth-order valence-electron chi connectivity index (χ4n) is 6.41. The van der Waals surface area contributed by atoms with Gasteiger partial charge in [-0.15, -0.1) is 5.06 Å². The maximum atomic E-state index is 12.3. The number of carbonyl (C=O) groups is 3. The Kier molecular flexibility index (Phi) is 17.3. The van der Waals surface area contributed by atoms with Crippen LogP contribution in [0.15, 0.2) is 0 Å². The average molecular weight is 786 g/mol. The van der Waals surface area contributed by atoms with E-state index in [9.17, 15) is 65.4 Å². The summed E-state index contributed by atoms with van der Waals surface area (Å²) in [6.07, 6.45) is -24.1. The second kappa shape index (κ2) is 20.9. The van der Waals surface area contributed by atoms with Crippen molar-refractivity contribution < 1.29 is 98.7 Å². The van der Waals surface area contributed by atoms with E-state index in [4.69, 9.17) is 33.3 Å². The summed E-state index contributed by atoms with van der Waals surface area (Å²) in [4.78, 5) is 40.7. The molecule has 4 heterocycles. The minimum absolute atomic E-state index is 0.0318. The molecule has 0 aromatic carbocycles. The number of hydroxylamine groups is 2. The number of hydrogen-bond acceptors (Lipinski definition) is 21. The van der Waals surface area contributed by atoms with Gasteiger partial charge < -0.3 is 89.6 Å². The lowest BCUT2D eigenvalue weighted by Crippen LogP contribution is -2.65.